The fourth-order valence-corrected chi connectivity index (χ4v) is 3.34. The van der Waals surface area contributed by atoms with E-state index in [0.717, 1.165) is 15.8 Å². The van der Waals surface area contributed by atoms with Crippen LogP contribution in [-0.4, -0.2) is 38.4 Å². The smallest absolute Gasteiger partial charge is 0.424 e. The maximum atomic E-state index is 13.5. The Morgan fingerprint density at radius 1 is 1.24 bits per heavy atom. The third-order valence-electron chi connectivity index (χ3n) is 5.32. The van der Waals surface area contributed by atoms with Crippen LogP contribution in [0.5, 0.6) is 5.75 Å². The normalized spacial score (nSPS) is 13.5. The monoisotopic (exact) mass is 466 g/mol. The van der Waals surface area contributed by atoms with Gasteiger partial charge in [0.2, 0.25) is 11.5 Å². The number of nitrogens with zero attached hydrogens (tertiary/aromatic N) is 3. The number of imidazole rings is 1. The summed E-state index contributed by atoms with van der Waals surface area (Å²) in [7, 11) is 1.36. The van der Waals surface area contributed by atoms with E-state index in [9.17, 15) is 23.1 Å². The minimum absolute atomic E-state index is 0.0308. The molecule has 1 atom stereocenters. The van der Waals surface area contributed by atoms with Crippen LogP contribution in [0.1, 0.15) is 34.8 Å². The molecule has 0 fully saturated rings. The van der Waals surface area contributed by atoms with Gasteiger partial charge in [-0.15, -0.1) is 0 Å². The SMILES string of the molecule is Cc1noc(C)c1COc1ccc(CC(=O)NCC[C@@](O)(c2nccn2C)C(F)(F)F)cc1. The lowest BCUT2D eigenvalue weighted by atomic mass is 9.97. The molecule has 0 aliphatic heterocycles. The van der Waals surface area contributed by atoms with Crippen LogP contribution < -0.4 is 10.1 Å². The summed E-state index contributed by atoms with van der Waals surface area (Å²) < 4.78 is 52.4. The Hall–Kier alpha value is -3.34. The molecule has 1 aromatic carbocycles. The largest absolute Gasteiger partial charge is 0.489 e. The second-order valence-electron chi connectivity index (χ2n) is 7.73. The zero-order valence-electron chi connectivity index (χ0n) is 18.4. The Bertz CT molecular complexity index is 1070. The van der Waals surface area contributed by atoms with Gasteiger partial charge in [-0.2, -0.15) is 13.2 Å². The zero-order chi connectivity index (χ0) is 24.2. The van der Waals surface area contributed by atoms with Gasteiger partial charge in [-0.1, -0.05) is 17.3 Å². The number of halogens is 3. The third-order valence-corrected chi connectivity index (χ3v) is 5.32. The van der Waals surface area contributed by atoms with Crippen LogP contribution in [0.2, 0.25) is 0 Å². The van der Waals surface area contributed by atoms with Crippen molar-refractivity contribution in [3.63, 3.8) is 0 Å². The van der Waals surface area contributed by atoms with Gasteiger partial charge in [0.1, 0.15) is 23.9 Å². The first-order chi connectivity index (χ1) is 15.5. The molecule has 2 N–H and O–H groups in total. The number of benzene rings is 1. The molecule has 3 aromatic rings. The molecule has 2 aromatic heterocycles. The van der Waals surface area contributed by atoms with E-state index in [0.29, 0.717) is 23.7 Å². The summed E-state index contributed by atoms with van der Waals surface area (Å²) in [5, 5.41) is 16.6. The highest BCUT2D eigenvalue weighted by Gasteiger charge is 2.57. The van der Waals surface area contributed by atoms with E-state index < -0.39 is 29.9 Å². The molecular formula is C22H25F3N4O4. The predicted octanol–water partition coefficient (Wildman–Crippen LogP) is 3.10. The predicted molar refractivity (Wildman–Crippen MR) is 111 cm³/mol. The van der Waals surface area contributed by atoms with E-state index in [1.165, 1.54) is 19.4 Å². The molecule has 33 heavy (non-hydrogen) atoms. The van der Waals surface area contributed by atoms with E-state index in [2.05, 4.69) is 15.5 Å². The first-order valence-corrected chi connectivity index (χ1v) is 10.2. The third kappa shape index (κ3) is 5.54. The zero-order valence-corrected chi connectivity index (χ0v) is 18.4. The standard InChI is InChI=1S/C22H25F3N4O4/c1-14-18(15(2)33-28-14)13-32-17-6-4-16(5-7-17)12-19(30)26-9-8-21(31,22(23,24)25)20-27-10-11-29(20)3/h4-7,10-11,31H,8-9,12-13H2,1-3H3,(H,26,30)/t21-/m1/s1. The van der Waals surface area contributed by atoms with Gasteiger partial charge in [0, 0.05) is 32.4 Å². The number of alkyl halides is 3. The molecule has 2 heterocycles. The number of amides is 1. The number of aliphatic hydroxyl groups is 1. The van der Waals surface area contributed by atoms with Crippen LogP contribution in [0.3, 0.4) is 0 Å². The Morgan fingerprint density at radius 3 is 2.48 bits per heavy atom. The molecule has 0 unspecified atom stereocenters. The van der Waals surface area contributed by atoms with Gasteiger partial charge in [0.25, 0.3) is 0 Å². The number of aromatic nitrogens is 3. The van der Waals surface area contributed by atoms with Crippen molar-refractivity contribution >= 4 is 5.91 Å². The summed E-state index contributed by atoms with van der Waals surface area (Å²) in [5.41, 5.74) is -0.894. The Labute approximate surface area is 188 Å². The Balaban J connectivity index is 1.52. The van der Waals surface area contributed by atoms with Crippen LogP contribution in [-0.2, 0) is 30.5 Å². The Kier molecular flexibility index (Phi) is 7.11. The maximum absolute atomic E-state index is 13.5. The van der Waals surface area contributed by atoms with Crippen molar-refractivity contribution in [1.29, 1.82) is 0 Å². The van der Waals surface area contributed by atoms with Gasteiger partial charge in [-0.25, -0.2) is 4.98 Å². The molecule has 8 nitrogen and oxygen atoms in total. The molecule has 1 amide bonds. The molecule has 178 valence electrons. The van der Waals surface area contributed by atoms with Crippen molar-refractivity contribution in [2.45, 2.75) is 45.1 Å². The summed E-state index contributed by atoms with van der Waals surface area (Å²) in [6.45, 7) is 3.54. The minimum atomic E-state index is -4.95. The van der Waals surface area contributed by atoms with E-state index in [-0.39, 0.29) is 13.0 Å². The summed E-state index contributed by atoms with van der Waals surface area (Å²) in [6, 6.07) is 6.79. The second kappa shape index (κ2) is 9.65. The quantitative estimate of drug-likeness (QED) is 0.503. The van der Waals surface area contributed by atoms with Gasteiger partial charge in [-0.05, 0) is 31.5 Å². The van der Waals surface area contributed by atoms with Crippen LogP contribution in [0.15, 0.2) is 41.2 Å². The number of aryl methyl sites for hydroxylation is 3. The second-order valence-corrected chi connectivity index (χ2v) is 7.73. The van der Waals surface area contributed by atoms with E-state index in [1.807, 2.05) is 6.92 Å². The fraction of sp³-hybridized carbons (Fsp3) is 0.409. The fourth-order valence-electron chi connectivity index (χ4n) is 3.34. The maximum Gasteiger partial charge on any atom is 0.424 e. The van der Waals surface area contributed by atoms with Crippen molar-refractivity contribution in [3.05, 3.63) is 65.1 Å². The summed E-state index contributed by atoms with van der Waals surface area (Å²) in [4.78, 5) is 15.8. The molecule has 11 heteroatoms. The molecule has 0 aliphatic rings. The van der Waals surface area contributed by atoms with E-state index in [4.69, 9.17) is 9.26 Å². The van der Waals surface area contributed by atoms with Gasteiger partial charge < -0.3 is 24.3 Å². The van der Waals surface area contributed by atoms with Gasteiger partial charge in [-0.3, -0.25) is 4.79 Å². The lowest BCUT2D eigenvalue weighted by Crippen LogP contribution is -2.46. The number of ether oxygens (including phenoxy) is 1. The van der Waals surface area contributed by atoms with Gasteiger partial charge >= 0.3 is 6.18 Å². The molecule has 0 spiro atoms. The van der Waals surface area contributed by atoms with Crippen molar-refractivity contribution in [2.24, 2.45) is 7.05 Å². The summed E-state index contributed by atoms with van der Waals surface area (Å²) >= 11 is 0. The molecule has 0 aliphatic carbocycles. The number of rotatable bonds is 9. The summed E-state index contributed by atoms with van der Waals surface area (Å²) in [6.07, 6.45) is -3.26. The molecule has 0 saturated heterocycles. The number of carbonyl (C=O) groups is 1. The molecule has 3 rings (SSSR count). The van der Waals surface area contributed by atoms with E-state index in [1.54, 1.807) is 31.2 Å². The van der Waals surface area contributed by atoms with Crippen LogP contribution in [0.4, 0.5) is 13.2 Å². The average molecular weight is 466 g/mol. The first-order valence-electron chi connectivity index (χ1n) is 10.2. The highest BCUT2D eigenvalue weighted by Crippen LogP contribution is 2.40. The number of nitrogens with one attached hydrogen (secondary N) is 1. The van der Waals surface area contributed by atoms with Gasteiger partial charge in [0.15, 0.2) is 0 Å². The number of carbonyl (C=O) groups excluding carboxylic acids is 1. The first kappa shape index (κ1) is 24.3. The van der Waals surface area contributed by atoms with Crippen LogP contribution in [0.25, 0.3) is 0 Å². The molecule has 0 bridgehead atoms. The van der Waals surface area contributed by atoms with Crippen LogP contribution >= 0.6 is 0 Å². The number of hydrogen-bond acceptors (Lipinski definition) is 6. The lowest BCUT2D eigenvalue weighted by molar-refractivity contribution is -0.272. The minimum Gasteiger partial charge on any atom is -0.489 e. The van der Waals surface area contributed by atoms with Crippen molar-refractivity contribution in [1.82, 2.24) is 20.0 Å². The highest BCUT2D eigenvalue weighted by atomic mass is 19.4. The van der Waals surface area contributed by atoms with Gasteiger partial charge in [0.05, 0.1) is 17.7 Å². The Morgan fingerprint density at radius 2 is 1.94 bits per heavy atom. The average Bonchev–Trinajstić information content (AvgIpc) is 3.32. The van der Waals surface area contributed by atoms with Crippen molar-refractivity contribution < 1.29 is 32.3 Å². The van der Waals surface area contributed by atoms with Crippen molar-refractivity contribution in [2.75, 3.05) is 6.54 Å². The molecular weight excluding hydrogens is 441 g/mol. The highest BCUT2D eigenvalue weighted by molar-refractivity contribution is 5.78. The molecule has 0 radical (unpaired) electrons. The van der Waals surface area contributed by atoms with Crippen LogP contribution in [0, 0.1) is 13.8 Å². The number of hydrogen-bond donors (Lipinski definition) is 2. The van der Waals surface area contributed by atoms with E-state index >= 15 is 0 Å². The molecule has 0 saturated carbocycles. The topological polar surface area (TPSA) is 102 Å². The lowest BCUT2D eigenvalue weighted by Gasteiger charge is -2.30. The summed E-state index contributed by atoms with van der Waals surface area (Å²) in [5.74, 6) is 0.269. The van der Waals surface area contributed by atoms with Crippen molar-refractivity contribution in [3.8, 4) is 5.75 Å².